The van der Waals surface area contributed by atoms with E-state index >= 15 is 0 Å². The molecule has 4 heteroatoms. The van der Waals surface area contributed by atoms with Gasteiger partial charge in [-0.15, -0.1) is 0 Å². The van der Waals surface area contributed by atoms with Crippen LogP contribution in [0.4, 0.5) is 0 Å². The molecule has 0 aromatic heterocycles. The zero-order valence-corrected chi connectivity index (χ0v) is 10.9. The maximum Gasteiger partial charge on any atom is 0.307 e. The zero-order valence-electron chi connectivity index (χ0n) is 10.9. The number of piperidine rings is 1. The van der Waals surface area contributed by atoms with E-state index in [1.165, 1.54) is 6.42 Å². The molecular weight excluding hydrogens is 216 g/mol. The van der Waals surface area contributed by atoms with Gasteiger partial charge in [-0.2, -0.15) is 0 Å². The SMILES string of the molecule is CCC(=O)O[C@H]1CCCN1[C@H]1CCNC[C@@H]1C. The largest absolute Gasteiger partial charge is 0.446 e. The first-order chi connectivity index (χ1) is 8.22. The maximum absolute atomic E-state index is 11.4. The van der Waals surface area contributed by atoms with Crippen LogP contribution in [0.1, 0.15) is 39.5 Å². The van der Waals surface area contributed by atoms with Gasteiger partial charge in [0, 0.05) is 19.0 Å². The summed E-state index contributed by atoms with van der Waals surface area (Å²) < 4.78 is 5.54. The molecule has 2 fully saturated rings. The molecular formula is C13H24N2O2. The van der Waals surface area contributed by atoms with Crippen molar-refractivity contribution < 1.29 is 9.53 Å². The molecule has 0 saturated carbocycles. The van der Waals surface area contributed by atoms with E-state index in [2.05, 4.69) is 17.1 Å². The Bertz CT molecular complexity index is 270. The van der Waals surface area contributed by atoms with Gasteiger partial charge in [-0.25, -0.2) is 0 Å². The van der Waals surface area contributed by atoms with Crippen molar-refractivity contribution in [3.8, 4) is 0 Å². The molecule has 98 valence electrons. The number of nitrogens with one attached hydrogen (secondary N) is 1. The van der Waals surface area contributed by atoms with Gasteiger partial charge in [0.15, 0.2) is 6.23 Å². The number of carbonyl (C=O) groups excluding carboxylic acids is 1. The van der Waals surface area contributed by atoms with Crippen molar-refractivity contribution in [3.63, 3.8) is 0 Å². The van der Waals surface area contributed by atoms with Crippen LogP contribution in [-0.4, -0.2) is 42.8 Å². The summed E-state index contributed by atoms with van der Waals surface area (Å²) in [5.74, 6) is 0.577. The summed E-state index contributed by atoms with van der Waals surface area (Å²) in [5, 5.41) is 3.42. The average Bonchev–Trinajstić information content (AvgIpc) is 2.77. The van der Waals surface area contributed by atoms with E-state index in [1.54, 1.807) is 0 Å². The Morgan fingerprint density at radius 3 is 3.00 bits per heavy atom. The first-order valence-electron chi connectivity index (χ1n) is 6.88. The number of hydrogen-bond acceptors (Lipinski definition) is 4. The monoisotopic (exact) mass is 240 g/mol. The first-order valence-corrected chi connectivity index (χ1v) is 6.88. The first kappa shape index (κ1) is 12.8. The number of esters is 1. The highest BCUT2D eigenvalue weighted by Crippen LogP contribution is 2.27. The van der Waals surface area contributed by atoms with Gasteiger partial charge in [0.2, 0.25) is 0 Å². The van der Waals surface area contributed by atoms with Gasteiger partial charge < -0.3 is 10.1 Å². The van der Waals surface area contributed by atoms with Crippen LogP contribution in [0.3, 0.4) is 0 Å². The van der Waals surface area contributed by atoms with E-state index in [-0.39, 0.29) is 12.2 Å². The molecule has 3 atom stereocenters. The number of likely N-dealkylation sites (tertiary alicyclic amines) is 1. The fourth-order valence-corrected chi connectivity index (χ4v) is 2.99. The fraction of sp³-hybridized carbons (Fsp3) is 0.923. The van der Waals surface area contributed by atoms with Crippen molar-refractivity contribution in [3.05, 3.63) is 0 Å². The summed E-state index contributed by atoms with van der Waals surface area (Å²) in [7, 11) is 0. The van der Waals surface area contributed by atoms with Crippen molar-refractivity contribution in [2.24, 2.45) is 5.92 Å². The van der Waals surface area contributed by atoms with Crippen LogP contribution in [0.2, 0.25) is 0 Å². The molecule has 0 aromatic carbocycles. The van der Waals surface area contributed by atoms with Gasteiger partial charge in [0.05, 0.1) is 0 Å². The smallest absolute Gasteiger partial charge is 0.307 e. The number of nitrogens with zero attached hydrogens (tertiary/aromatic N) is 1. The summed E-state index contributed by atoms with van der Waals surface area (Å²) >= 11 is 0. The van der Waals surface area contributed by atoms with Crippen LogP contribution in [0, 0.1) is 5.92 Å². The van der Waals surface area contributed by atoms with Gasteiger partial charge in [0.25, 0.3) is 0 Å². The minimum Gasteiger partial charge on any atom is -0.446 e. The molecule has 0 aliphatic carbocycles. The highest BCUT2D eigenvalue weighted by Gasteiger charge is 2.36. The van der Waals surface area contributed by atoms with Crippen molar-refractivity contribution in [2.45, 2.75) is 51.8 Å². The summed E-state index contributed by atoms with van der Waals surface area (Å²) in [6.45, 7) is 7.38. The lowest BCUT2D eigenvalue weighted by atomic mass is 9.94. The van der Waals surface area contributed by atoms with E-state index in [9.17, 15) is 4.79 Å². The van der Waals surface area contributed by atoms with Gasteiger partial charge in [0.1, 0.15) is 0 Å². The van der Waals surface area contributed by atoms with Crippen LogP contribution in [0.15, 0.2) is 0 Å². The van der Waals surface area contributed by atoms with E-state index < -0.39 is 0 Å². The summed E-state index contributed by atoms with van der Waals surface area (Å²) in [5.41, 5.74) is 0. The Morgan fingerprint density at radius 1 is 1.47 bits per heavy atom. The topological polar surface area (TPSA) is 41.6 Å². The third-order valence-electron chi connectivity index (χ3n) is 3.96. The second-order valence-electron chi connectivity index (χ2n) is 5.22. The molecule has 0 radical (unpaired) electrons. The molecule has 4 nitrogen and oxygen atoms in total. The van der Waals surface area contributed by atoms with Crippen molar-refractivity contribution in [1.82, 2.24) is 10.2 Å². The highest BCUT2D eigenvalue weighted by atomic mass is 16.6. The number of carbonyl (C=O) groups is 1. The van der Waals surface area contributed by atoms with Gasteiger partial charge in [-0.1, -0.05) is 13.8 Å². The lowest BCUT2D eigenvalue weighted by molar-refractivity contribution is -0.159. The van der Waals surface area contributed by atoms with Gasteiger partial charge in [-0.3, -0.25) is 9.69 Å². The molecule has 2 aliphatic heterocycles. The third-order valence-corrected chi connectivity index (χ3v) is 3.96. The third kappa shape index (κ3) is 2.99. The predicted molar refractivity (Wildman–Crippen MR) is 66.5 cm³/mol. The van der Waals surface area contributed by atoms with Crippen LogP contribution < -0.4 is 5.32 Å². The van der Waals surface area contributed by atoms with Crippen molar-refractivity contribution in [2.75, 3.05) is 19.6 Å². The minimum atomic E-state index is -0.0662. The number of rotatable bonds is 3. The standard InChI is InChI=1S/C13H24N2O2/c1-3-13(16)17-12-5-4-8-15(12)11-6-7-14-9-10(11)2/h10-12,14H,3-9H2,1-2H3/t10-,11-,12-/m0/s1. The Hall–Kier alpha value is -0.610. The summed E-state index contributed by atoms with van der Waals surface area (Å²) in [6, 6.07) is 0.577. The summed E-state index contributed by atoms with van der Waals surface area (Å²) in [4.78, 5) is 13.8. The Labute approximate surface area is 104 Å². The molecule has 0 spiro atoms. The fourth-order valence-electron chi connectivity index (χ4n) is 2.99. The molecule has 0 bridgehead atoms. The molecule has 2 saturated heterocycles. The van der Waals surface area contributed by atoms with Gasteiger partial charge >= 0.3 is 5.97 Å². The lowest BCUT2D eigenvalue weighted by Gasteiger charge is -2.39. The highest BCUT2D eigenvalue weighted by molar-refractivity contribution is 5.69. The molecule has 2 heterocycles. The molecule has 1 N–H and O–H groups in total. The van der Waals surface area contributed by atoms with Gasteiger partial charge in [-0.05, 0) is 38.3 Å². The summed E-state index contributed by atoms with van der Waals surface area (Å²) in [6.07, 6.45) is 3.83. The van der Waals surface area contributed by atoms with Crippen molar-refractivity contribution in [1.29, 1.82) is 0 Å². The average molecular weight is 240 g/mol. The van der Waals surface area contributed by atoms with Crippen LogP contribution >= 0.6 is 0 Å². The maximum atomic E-state index is 11.4. The van der Waals surface area contributed by atoms with E-state index in [1.807, 2.05) is 6.92 Å². The molecule has 0 amide bonds. The molecule has 0 unspecified atom stereocenters. The molecule has 2 rings (SSSR count). The minimum absolute atomic E-state index is 0.0352. The van der Waals surface area contributed by atoms with Crippen LogP contribution in [-0.2, 0) is 9.53 Å². The lowest BCUT2D eigenvalue weighted by Crippen LogP contribution is -2.51. The normalized spacial score (nSPS) is 34.8. The Balaban J connectivity index is 1.95. The molecule has 2 aliphatic rings. The second-order valence-corrected chi connectivity index (χ2v) is 5.22. The van der Waals surface area contributed by atoms with Crippen LogP contribution in [0.5, 0.6) is 0 Å². The molecule has 17 heavy (non-hydrogen) atoms. The molecule has 0 aromatic rings. The van der Waals surface area contributed by atoms with Crippen molar-refractivity contribution >= 4 is 5.97 Å². The predicted octanol–water partition coefficient (Wildman–Crippen LogP) is 1.36. The zero-order chi connectivity index (χ0) is 12.3. The van der Waals surface area contributed by atoms with E-state index in [4.69, 9.17) is 4.74 Å². The number of ether oxygens (including phenoxy) is 1. The second kappa shape index (κ2) is 5.83. The van der Waals surface area contributed by atoms with E-state index in [0.717, 1.165) is 32.5 Å². The quantitative estimate of drug-likeness (QED) is 0.756. The van der Waals surface area contributed by atoms with Crippen LogP contribution in [0.25, 0.3) is 0 Å². The Kier molecular flexibility index (Phi) is 4.40. The Morgan fingerprint density at radius 2 is 2.29 bits per heavy atom. The number of hydrogen-bond donors (Lipinski definition) is 1. The van der Waals surface area contributed by atoms with E-state index in [0.29, 0.717) is 18.4 Å².